The van der Waals surface area contributed by atoms with Crippen molar-refractivity contribution in [1.29, 1.82) is 0 Å². The molecule has 2 unspecified atom stereocenters. The van der Waals surface area contributed by atoms with Gasteiger partial charge in [0.2, 0.25) is 5.95 Å². The second kappa shape index (κ2) is 14.8. The molecule has 1 aliphatic heterocycles. The first kappa shape index (κ1) is 35.8. The summed E-state index contributed by atoms with van der Waals surface area (Å²) in [6.07, 6.45) is 8.96. The van der Waals surface area contributed by atoms with Crippen molar-refractivity contribution in [2.45, 2.75) is 12.0 Å². The summed E-state index contributed by atoms with van der Waals surface area (Å²) in [5.74, 6) is 1.95. The van der Waals surface area contributed by atoms with E-state index in [0.29, 0.717) is 17.6 Å². The number of benzene rings is 8. The summed E-state index contributed by atoms with van der Waals surface area (Å²) in [4.78, 5) is 18.5. The molecule has 3 heterocycles. The van der Waals surface area contributed by atoms with Gasteiger partial charge in [-0.3, -0.25) is 0 Å². The van der Waals surface area contributed by atoms with E-state index in [2.05, 4.69) is 222 Å². The van der Waals surface area contributed by atoms with E-state index in [1.165, 1.54) is 33.0 Å². The molecular weight excluding hydrogens is 755 g/mol. The van der Waals surface area contributed by atoms with Gasteiger partial charge < -0.3 is 9.47 Å². The Balaban J connectivity index is 1.10. The monoisotopic (exact) mass is 793 g/mol. The van der Waals surface area contributed by atoms with Gasteiger partial charge in [0.05, 0.1) is 28.5 Å². The Hall–Kier alpha value is -8.15. The normalized spacial score (nSPS) is 15.3. The Morgan fingerprint density at radius 2 is 0.903 bits per heavy atom. The number of para-hydroxylation sites is 2. The van der Waals surface area contributed by atoms with Crippen LogP contribution in [0.2, 0.25) is 0 Å². The zero-order valence-electron chi connectivity index (χ0n) is 33.8. The predicted octanol–water partition coefficient (Wildman–Crippen LogP) is 14.0. The van der Waals surface area contributed by atoms with E-state index >= 15 is 0 Å². The number of fused-ring (bicyclic) bond motifs is 7. The van der Waals surface area contributed by atoms with Crippen molar-refractivity contribution in [3.8, 4) is 61.8 Å². The molecular formula is C57H39N5. The molecule has 0 fully saturated rings. The first-order chi connectivity index (χ1) is 30.8. The summed E-state index contributed by atoms with van der Waals surface area (Å²) in [6.45, 7) is 0. The molecule has 2 aromatic heterocycles. The van der Waals surface area contributed by atoms with Crippen LogP contribution < -0.4 is 4.90 Å². The van der Waals surface area contributed by atoms with Crippen LogP contribution in [-0.4, -0.2) is 25.6 Å². The van der Waals surface area contributed by atoms with Crippen LogP contribution >= 0.6 is 0 Å². The minimum atomic E-state index is -0.0551. The third kappa shape index (κ3) is 5.97. The lowest BCUT2D eigenvalue weighted by Gasteiger charge is -2.28. The number of hydrogen-bond acceptors (Lipinski definition) is 4. The van der Waals surface area contributed by atoms with Crippen LogP contribution in [0.1, 0.15) is 11.5 Å². The average Bonchev–Trinajstić information content (AvgIpc) is 3.88. The van der Waals surface area contributed by atoms with E-state index < -0.39 is 0 Å². The Morgan fingerprint density at radius 1 is 0.387 bits per heavy atom. The SMILES string of the molecule is C1=CC2c3ccc4c5ccccc5n(-c5ccccc5-c5ccccc5)c4c3N(c3nc(-c4ccc(-c5ccccc5)cc4)nc(-c4ccc(-c5ccccc5)cc4)n3)C2C=C1. The van der Waals surface area contributed by atoms with E-state index in [-0.39, 0.29) is 12.0 Å². The highest BCUT2D eigenvalue weighted by atomic mass is 15.3. The highest BCUT2D eigenvalue weighted by Crippen LogP contribution is 2.53. The lowest BCUT2D eigenvalue weighted by Crippen LogP contribution is -2.30. The number of rotatable bonds is 7. The molecule has 5 heteroatoms. The second-order valence-electron chi connectivity index (χ2n) is 16.0. The highest BCUT2D eigenvalue weighted by Gasteiger charge is 2.41. The molecule has 0 saturated carbocycles. The molecule has 1 aliphatic carbocycles. The van der Waals surface area contributed by atoms with Crippen molar-refractivity contribution < 1.29 is 0 Å². The van der Waals surface area contributed by atoms with Gasteiger partial charge in [0, 0.05) is 33.4 Å². The fourth-order valence-electron chi connectivity index (χ4n) is 9.49. The van der Waals surface area contributed by atoms with Gasteiger partial charge in [-0.15, -0.1) is 0 Å². The first-order valence-electron chi connectivity index (χ1n) is 21.2. The van der Waals surface area contributed by atoms with E-state index in [4.69, 9.17) is 15.0 Å². The molecule has 12 rings (SSSR count). The van der Waals surface area contributed by atoms with Crippen LogP contribution in [0.15, 0.2) is 224 Å². The molecule has 5 nitrogen and oxygen atoms in total. The van der Waals surface area contributed by atoms with Crippen molar-refractivity contribution in [2.24, 2.45) is 0 Å². The van der Waals surface area contributed by atoms with Crippen LogP contribution in [-0.2, 0) is 0 Å². The second-order valence-corrected chi connectivity index (χ2v) is 16.0. The molecule has 0 N–H and O–H groups in total. The summed E-state index contributed by atoms with van der Waals surface area (Å²) < 4.78 is 2.47. The number of hydrogen-bond donors (Lipinski definition) is 0. The minimum absolute atomic E-state index is 0.0551. The van der Waals surface area contributed by atoms with Gasteiger partial charge in [0.25, 0.3) is 0 Å². The van der Waals surface area contributed by atoms with Gasteiger partial charge >= 0.3 is 0 Å². The molecule has 0 radical (unpaired) electrons. The summed E-state index contributed by atoms with van der Waals surface area (Å²) >= 11 is 0. The molecule has 2 atom stereocenters. The third-order valence-corrected chi connectivity index (χ3v) is 12.4. The fraction of sp³-hybridized carbons (Fsp3) is 0.0351. The minimum Gasteiger partial charge on any atom is -0.307 e. The molecule has 0 bridgehead atoms. The zero-order valence-corrected chi connectivity index (χ0v) is 33.8. The maximum Gasteiger partial charge on any atom is 0.234 e. The molecule has 2 aliphatic rings. The van der Waals surface area contributed by atoms with Gasteiger partial charge in [-0.25, -0.2) is 4.98 Å². The van der Waals surface area contributed by atoms with Gasteiger partial charge in [-0.1, -0.05) is 212 Å². The first-order valence-corrected chi connectivity index (χ1v) is 21.2. The molecule has 0 spiro atoms. The fourth-order valence-corrected chi connectivity index (χ4v) is 9.49. The van der Waals surface area contributed by atoms with Gasteiger partial charge in [0.1, 0.15) is 0 Å². The highest BCUT2D eigenvalue weighted by molar-refractivity contribution is 6.15. The lowest BCUT2D eigenvalue weighted by molar-refractivity contribution is 0.728. The predicted molar refractivity (Wildman–Crippen MR) is 255 cm³/mol. The van der Waals surface area contributed by atoms with Gasteiger partial charge in [-0.05, 0) is 45.5 Å². The average molecular weight is 794 g/mol. The van der Waals surface area contributed by atoms with Crippen molar-refractivity contribution in [1.82, 2.24) is 19.5 Å². The van der Waals surface area contributed by atoms with Crippen LogP contribution in [0, 0.1) is 0 Å². The van der Waals surface area contributed by atoms with Gasteiger partial charge in [-0.2, -0.15) is 9.97 Å². The maximum atomic E-state index is 5.43. The Kier molecular flexibility index (Phi) is 8.56. The molecule has 62 heavy (non-hydrogen) atoms. The van der Waals surface area contributed by atoms with Crippen LogP contribution in [0.25, 0.3) is 83.6 Å². The smallest absolute Gasteiger partial charge is 0.234 e. The largest absolute Gasteiger partial charge is 0.307 e. The van der Waals surface area contributed by atoms with E-state index in [9.17, 15) is 0 Å². The lowest BCUT2D eigenvalue weighted by atomic mass is 9.91. The van der Waals surface area contributed by atoms with Gasteiger partial charge in [0.15, 0.2) is 11.6 Å². The molecule has 10 aromatic rings. The number of aromatic nitrogens is 4. The summed E-state index contributed by atoms with van der Waals surface area (Å²) in [5, 5.41) is 2.38. The van der Waals surface area contributed by atoms with E-state index in [1.807, 2.05) is 12.1 Å². The Labute approximate surface area is 360 Å². The van der Waals surface area contributed by atoms with Crippen molar-refractivity contribution >= 4 is 33.4 Å². The maximum absolute atomic E-state index is 5.43. The van der Waals surface area contributed by atoms with Crippen LogP contribution in [0.5, 0.6) is 0 Å². The third-order valence-electron chi connectivity index (χ3n) is 12.4. The summed E-state index contributed by atoms with van der Waals surface area (Å²) in [6, 6.07) is 70.9. The van der Waals surface area contributed by atoms with Crippen LogP contribution in [0.4, 0.5) is 11.6 Å². The van der Waals surface area contributed by atoms with Crippen molar-refractivity contribution in [2.75, 3.05) is 4.90 Å². The van der Waals surface area contributed by atoms with Crippen LogP contribution in [0.3, 0.4) is 0 Å². The van der Waals surface area contributed by atoms with E-state index in [0.717, 1.165) is 50.2 Å². The standard InChI is InChI=1S/C57H39N5/c1-4-16-38(17-5-1)40-28-32-43(33-29-40)55-58-56(44-34-30-41(31-35-44)39-18-6-2-7-19-39)60-57(59-55)62-52-27-15-12-24-47(52)49-37-36-48-46-23-11-14-26-51(46)61(53(48)54(49)62)50-25-13-10-22-45(50)42-20-8-3-9-21-42/h1-37,47,52H. The van der Waals surface area contributed by atoms with Crippen molar-refractivity contribution in [3.63, 3.8) is 0 Å². The quantitative estimate of drug-likeness (QED) is 0.161. The topological polar surface area (TPSA) is 46.8 Å². The Bertz CT molecular complexity index is 3230. The number of nitrogens with zero attached hydrogens (tertiary/aromatic N) is 5. The number of allylic oxidation sites excluding steroid dienone is 2. The molecule has 0 saturated heterocycles. The molecule has 0 amide bonds. The summed E-state index contributed by atoms with van der Waals surface area (Å²) in [7, 11) is 0. The molecule has 8 aromatic carbocycles. The Morgan fingerprint density at radius 3 is 1.55 bits per heavy atom. The number of anilines is 2. The van der Waals surface area contributed by atoms with E-state index in [1.54, 1.807) is 0 Å². The zero-order chi connectivity index (χ0) is 41.0. The molecule has 292 valence electrons. The summed E-state index contributed by atoms with van der Waals surface area (Å²) in [5.41, 5.74) is 14.5. The van der Waals surface area contributed by atoms with Crippen molar-refractivity contribution in [3.05, 3.63) is 230 Å².